The normalized spacial score (nSPS) is 11.7. The lowest BCUT2D eigenvalue weighted by Crippen LogP contribution is -2.11. The van der Waals surface area contributed by atoms with Crippen molar-refractivity contribution in [2.75, 3.05) is 35.0 Å². The van der Waals surface area contributed by atoms with Crippen LogP contribution < -0.4 is 23.7 Å². The summed E-state index contributed by atoms with van der Waals surface area (Å²) in [5.41, 5.74) is 2.16. The summed E-state index contributed by atoms with van der Waals surface area (Å²) in [5.74, 6) is 2.30. The van der Waals surface area contributed by atoms with E-state index in [1.807, 2.05) is 24.4 Å². The molecule has 0 aliphatic carbocycles. The third-order valence-corrected chi connectivity index (χ3v) is 5.53. The Morgan fingerprint density at radius 2 is 1.78 bits per heavy atom. The monoisotopic (exact) mass is 457 g/mol. The number of ether oxygens (including phenoxy) is 4. The fraction of sp³-hybridized carbons (Fsp3) is 0.304. The van der Waals surface area contributed by atoms with Gasteiger partial charge in [0.2, 0.25) is 10.6 Å². The maximum Gasteiger partial charge on any atom is 0.205 e. The predicted molar refractivity (Wildman–Crippen MR) is 126 cm³/mol. The summed E-state index contributed by atoms with van der Waals surface area (Å²) in [7, 11) is 6.41. The third-order valence-electron chi connectivity index (χ3n) is 4.62. The van der Waals surface area contributed by atoms with Crippen LogP contribution >= 0.6 is 11.3 Å². The Kier molecular flexibility index (Phi) is 7.77. The first-order valence-corrected chi connectivity index (χ1v) is 10.9. The minimum Gasteiger partial charge on any atom is -0.507 e. The first-order chi connectivity index (χ1) is 15.6. The van der Waals surface area contributed by atoms with Gasteiger partial charge in [-0.2, -0.15) is 5.10 Å². The molecule has 32 heavy (non-hydrogen) atoms. The molecule has 0 bridgehead atoms. The Labute approximate surface area is 191 Å². The van der Waals surface area contributed by atoms with Gasteiger partial charge in [0.1, 0.15) is 11.5 Å². The molecule has 2 aromatic carbocycles. The van der Waals surface area contributed by atoms with E-state index in [4.69, 9.17) is 18.9 Å². The zero-order chi connectivity index (χ0) is 23.1. The predicted octanol–water partition coefficient (Wildman–Crippen LogP) is 4.15. The Morgan fingerprint density at radius 1 is 1.06 bits per heavy atom. The zero-order valence-corrected chi connectivity index (χ0v) is 19.6. The van der Waals surface area contributed by atoms with Crippen LogP contribution in [0.1, 0.15) is 18.9 Å². The van der Waals surface area contributed by atoms with Crippen molar-refractivity contribution in [2.45, 2.75) is 13.3 Å². The molecule has 0 fully saturated rings. The molecule has 3 aromatic rings. The van der Waals surface area contributed by atoms with Crippen LogP contribution in [-0.4, -0.2) is 51.0 Å². The molecule has 0 amide bonds. The van der Waals surface area contributed by atoms with Crippen LogP contribution in [0.4, 0.5) is 0 Å². The summed E-state index contributed by atoms with van der Waals surface area (Å²) in [6.07, 6.45) is 2.48. The summed E-state index contributed by atoms with van der Waals surface area (Å²) in [6, 6.07) is 8.86. The van der Waals surface area contributed by atoms with E-state index in [1.54, 1.807) is 57.5 Å². The van der Waals surface area contributed by atoms with E-state index >= 15 is 0 Å². The van der Waals surface area contributed by atoms with Crippen molar-refractivity contribution in [3.63, 3.8) is 0 Å². The van der Waals surface area contributed by atoms with E-state index in [-0.39, 0.29) is 5.75 Å². The highest BCUT2D eigenvalue weighted by Gasteiger charge is 2.17. The molecular weight excluding hydrogens is 430 g/mol. The molecule has 0 radical (unpaired) electrons. The summed E-state index contributed by atoms with van der Waals surface area (Å²) < 4.78 is 23.6. The number of hydrogen-bond donors (Lipinski definition) is 1. The minimum absolute atomic E-state index is 0.0857. The largest absolute Gasteiger partial charge is 0.507 e. The summed E-state index contributed by atoms with van der Waals surface area (Å²) in [4.78, 5) is 5.00. The zero-order valence-electron chi connectivity index (χ0n) is 18.8. The number of nitrogens with zero attached hydrogens (tertiary/aromatic N) is 3. The fourth-order valence-electron chi connectivity index (χ4n) is 3.05. The maximum atomic E-state index is 10.4. The summed E-state index contributed by atoms with van der Waals surface area (Å²) in [6.45, 7) is 2.62. The van der Waals surface area contributed by atoms with Crippen LogP contribution in [0.3, 0.4) is 0 Å². The average Bonchev–Trinajstić information content (AvgIpc) is 3.23. The molecule has 0 spiro atoms. The van der Waals surface area contributed by atoms with Crippen LogP contribution in [0, 0.1) is 0 Å². The van der Waals surface area contributed by atoms with Gasteiger partial charge in [-0.3, -0.25) is 4.99 Å². The van der Waals surface area contributed by atoms with Crippen LogP contribution in [0.2, 0.25) is 0 Å². The molecule has 8 nitrogen and oxygen atoms in total. The number of aromatic hydroxyl groups is 1. The van der Waals surface area contributed by atoms with Crippen LogP contribution in [-0.2, 0) is 0 Å². The Bertz CT molecular complexity index is 1140. The van der Waals surface area contributed by atoms with Gasteiger partial charge in [0.05, 0.1) is 39.8 Å². The molecule has 0 saturated heterocycles. The second-order valence-corrected chi connectivity index (χ2v) is 7.50. The van der Waals surface area contributed by atoms with Gasteiger partial charge in [-0.15, -0.1) is 11.3 Å². The van der Waals surface area contributed by atoms with Crippen molar-refractivity contribution in [2.24, 2.45) is 10.1 Å². The van der Waals surface area contributed by atoms with Gasteiger partial charge in [0.25, 0.3) is 0 Å². The number of methoxy groups -OCH3 is 3. The number of benzene rings is 2. The lowest BCUT2D eigenvalue weighted by molar-refractivity contribution is 0.315. The molecule has 1 heterocycles. The number of phenols is 1. The molecule has 170 valence electrons. The van der Waals surface area contributed by atoms with E-state index in [0.717, 1.165) is 17.7 Å². The van der Waals surface area contributed by atoms with Crippen LogP contribution in [0.15, 0.2) is 45.8 Å². The first-order valence-electron chi connectivity index (χ1n) is 10.00. The van der Waals surface area contributed by atoms with Crippen molar-refractivity contribution in [1.29, 1.82) is 0 Å². The second kappa shape index (κ2) is 10.7. The van der Waals surface area contributed by atoms with Crippen molar-refractivity contribution in [1.82, 2.24) is 4.68 Å². The Balaban J connectivity index is 2.03. The van der Waals surface area contributed by atoms with E-state index in [2.05, 4.69) is 10.1 Å². The molecule has 0 aliphatic rings. The lowest BCUT2D eigenvalue weighted by atomic mass is 10.1. The molecule has 0 unspecified atom stereocenters. The Morgan fingerprint density at radius 3 is 2.34 bits per heavy atom. The number of rotatable bonds is 9. The van der Waals surface area contributed by atoms with Gasteiger partial charge >= 0.3 is 0 Å². The standard InChI is InChI=1S/C23H27N3O5S/c1-6-9-31-17-8-7-15(19(27)12-17)13-25-26-18(14-32-23(26)24-2)16-10-20(28-3)22(30-5)21(11-16)29-4/h7-8,10-14,27H,6,9H2,1-5H3. The average molecular weight is 458 g/mol. The lowest BCUT2D eigenvalue weighted by Gasteiger charge is -2.14. The van der Waals surface area contributed by atoms with Gasteiger partial charge in [0, 0.05) is 29.6 Å². The van der Waals surface area contributed by atoms with Gasteiger partial charge < -0.3 is 24.1 Å². The number of phenolic OH excluding ortho intramolecular Hbond substituents is 1. The summed E-state index contributed by atoms with van der Waals surface area (Å²) in [5, 5.41) is 16.9. The molecular formula is C23H27N3O5S. The minimum atomic E-state index is 0.0857. The van der Waals surface area contributed by atoms with Gasteiger partial charge in [0.15, 0.2) is 11.5 Å². The molecule has 0 atom stereocenters. The van der Waals surface area contributed by atoms with Crippen molar-refractivity contribution >= 4 is 17.6 Å². The van der Waals surface area contributed by atoms with Gasteiger partial charge in [-0.05, 0) is 30.7 Å². The number of thiazole rings is 1. The number of hydrogen-bond acceptors (Lipinski definition) is 8. The van der Waals surface area contributed by atoms with Crippen LogP contribution in [0.25, 0.3) is 11.3 Å². The highest BCUT2D eigenvalue weighted by molar-refractivity contribution is 7.07. The Hall–Kier alpha value is -3.46. The topological polar surface area (TPSA) is 86.8 Å². The van der Waals surface area contributed by atoms with Crippen molar-refractivity contribution < 1.29 is 24.1 Å². The summed E-state index contributed by atoms with van der Waals surface area (Å²) >= 11 is 1.45. The molecule has 9 heteroatoms. The van der Waals surface area contributed by atoms with Crippen molar-refractivity contribution in [3.05, 3.63) is 46.1 Å². The van der Waals surface area contributed by atoms with Crippen LogP contribution in [0.5, 0.6) is 28.7 Å². The quantitative estimate of drug-likeness (QED) is 0.488. The van der Waals surface area contributed by atoms with E-state index < -0.39 is 0 Å². The SMILES string of the molecule is CCCOc1ccc(C=Nn2c(-c3cc(OC)c(OC)c(OC)c3)csc2=NC)c(O)c1. The van der Waals surface area contributed by atoms with Gasteiger partial charge in [-0.25, -0.2) is 4.68 Å². The first kappa shape index (κ1) is 23.2. The highest BCUT2D eigenvalue weighted by atomic mass is 32.1. The molecule has 0 saturated carbocycles. The van der Waals surface area contributed by atoms with Gasteiger partial charge in [-0.1, -0.05) is 6.92 Å². The smallest absolute Gasteiger partial charge is 0.205 e. The molecule has 1 aromatic heterocycles. The fourth-order valence-corrected chi connectivity index (χ4v) is 3.86. The molecule has 1 N–H and O–H groups in total. The molecule has 3 rings (SSSR count). The van der Waals surface area contributed by atoms with E-state index in [0.29, 0.717) is 40.0 Å². The third kappa shape index (κ3) is 4.88. The van der Waals surface area contributed by atoms with E-state index in [9.17, 15) is 5.11 Å². The van der Waals surface area contributed by atoms with E-state index in [1.165, 1.54) is 11.3 Å². The number of aromatic nitrogens is 1. The highest BCUT2D eigenvalue weighted by Crippen LogP contribution is 2.41. The molecule has 0 aliphatic heterocycles. The van der Waals surface area contributed by atoms with Crippen molar-refractivity contribution in [3.8, 4) is 40.0 Å². The maximum absolute atomic E-state index is 10.4. The second-order valence-electron chi connectivity index (χ2n) is 6.67.